The molecular formula is C16H22O2S. The van der Waals surface area contributed by atoms with Crippen LogP contribution < -0.4 is 0 Å². The van der Waals surface area contributed by atoms with Crippen molar-refractivity contribution in [3.8, 4) is 11.8 Å². The van der Waals surface area contributed by atoms with Gasteiger partial charge in [0.05, 0.1) is 17.6 Å². The number of hydrogen-bond acceptors (Lipinski definition) is 3. The molecule has 2 rings (SSSR count). The molecule has 0 amide bonds. The fourth-order valence-corrected chi connectivity index (χ4v) is 3.19. The van der Waals surface area contributed by atoms with Crippen LogP contribution in [0.25, 0.3) is 0 Å². The first-order valence-electron chi connectivity index (χ1n) is 6.89. The van der Waals surface area contributed by atoms with Crippen LogP contribution in [0, 0.1) is 17.3 Å². The van der Waals surface area contributed by atoms with Crippen molar-refractivity contribution in [3.63, 3.8) is 0 Å². The molecule has 1 saturated carbocycles. The third-order valence-electron chi connectivity index (χ3n) is 3.70. The van der Waals surface area contributed by atoms with E-state index in [4.69, 9.17) is 9.84 Å². The number of aliphatic hydroxyl groups excluding tert-OH is 1. The van der Waals surface area contributed by atoms with E-state index in [1.54, 1.807) is 11.3 Å². The Bertz CT molecular complexity index is 455. The van der Waals surface area contributed by atoms with Gasteiger partial charge in [0.15, 0.2) is 0 Å². The summed E-state index contributed by atoms with van der Waals surface area (Å²) in [7, 11) is 0. The van der Waals surface area contributed by atoms with Gasteiger partial charge in [-0.2, -0.15) is 0 Å². The molecular weight excluding hydrogens is 256 g/mol. The first-order chi connectivity index (χ1) is 9.09. The molecule has 1 N–H and O–H groups in total. The Morgan fingerprint density at radius 1 is 1.37 bits per heavy atom. The average Bonchev–Trinajstić information content (AvgIpc) is 2.83. The number of hydrogen-bond donors (Lipinski definition) is 1. The first-order valence-corrected chi connectivity index (χ1v) is 7.71. The van der Waals surface area contributed by atoms with Crippen LogP contribution in [0.1, 0.15) is 49.3 Å². The van der Waals surface area contributed by atoms with Crippen molar-refractivity contribution >= 4 is 11.3 Å². The van der Waals surface area contributed by atoms with Crippen LogP contribution in [-0.4, -0.2) is 17.8 Å². The fraction of sp³-hybridized carbons (Fsp3) is 0.625. The highest BCUT2D eigenvalue weighted by Crippen LogP contribution is 2.36. The highest BCUT2D eigenvalue weighted by Gasteiger charge is 2.27. The smallest absolute Gasteiger partial charge is 0.104 e. The second-order valence-electron chi connectivity index (χ2n) is 5.90. The summed E-state index contributed by atoms with van der Waals surface area (Å²) >= 11 is 1.65. The monoisotopic (exact) mass is 278 g/mol. The van der Waals surface area contributed by atoms with Crippen LogP contribution in [0.4, 0.5) is 0 Å². The maximum atomic E-state index is 8.66. The lowest BCUT2D eigenvalue weighted by atomic mass is 9.76. The van der Waals surface area contributed by atoms with Gasteiger partial charge >= 0.3 is 0 Å². The molecule has 1 aliphatic rings. The third-order valence-corrected chi connectivity index (χ3v) is 4.67. The molecule has 3 heteroatoms. The predicted octanol–water partition coefficient (Wildman–Crippen LogP) is 3.58. The van der Waals surface area contributed by atoms with Gasteiger partial charge in [0, 0.05) is 4.88 Å². The van der Waals surface area contributed by atoms with Gasteiger partial charge in [-0.05, 0) is 43.2 Å². The van der Waals surface area contributed by atoms with Crippen molar-refractivity contribution in [2.75, 3.05) is 6.61 Å². The van der Waals surface area contributed by atoms with Crippen LogP contribution in [0.2, 0.25) is 0 Å². The first kappa shape index (κ1) is 14.6. The number of thiophene rings is 1. The molecule has 0 aliphatic heterocycles. The minimum Gasteiger partial charge on any atom is -0.384 e. The van der Waals surface area contributed by atoms with E-state index in [9.17, 15) is 0 Å². The molecule has 1 aromatic heterocycles. The highest BCUT2D eigenvalue weighted by atomic mass is 32.1. The Hall–Kier alpha value is -0.820. The fourth-order valence-electron chi connectivity index (χ4n) is 2.39. The Balaban J connectivity index is 1.78. The lowest BCUT2D eigenvalue weighted by molar-refractivity contribution is -0.00448. The van der Waals surface area contributed by atoms with Crippen LogP contribution >= 0.6 is 11.3 Å². The molecule has 19 heavy (non-hydrogen) atoms. The highest BCUT2D eigenvalue weighted by molar-refractivity contribution is 7.12. The molecule has 104 valence electrons. The van der Waals surface area contributed by atoms with Crippen LogP contribution in [-0.2, 0) is 11.3 Å². The molecule has 0 spiro atoms. The van der Waals surface area contributed by atoms with E-state index in [2.05, 4.69) is 31.8 Å². The summed E-state index contributed by atoms with van der Waals surface area (Å²) in [6.07, 6.45) is 5.29. The molecule has 1 aliphatic carbocycles. The molecule has 1 fully saturated rings. The van der Waals surface area contributed by atoms with Gasteiger partial charge in [0.2, 0.25) is 0 Å². The van der Waals surface area contributed by atoms with E-state index in [0.717, 1.165) is 4.88 Å². The molecule has 0 saturated heterocycles. The molecule has 1 aromatic rings. The quantitative estimate of drug-likeness (QED) is 0.856. The van der Waals surface area contributed by atoms with E-state index in [1.165, 1.54) is 30.6 Å². The zero-order valence-electron chi connectivity index (χ0n) is 11.7. The Labute approximate surface area is 119 Å². The molecule has 0 atom stereocenters. The minimum atomic E-state index is -0.0818. The summed E-state index contributed by atoms with van der Waals surface area (Å²) in [5.74, 6) is 5.59. The van der Waals surface area contributed by atoms with Crippen molar-refractivity contribution in [1.82, 2.24) is 0 Å². The predicted molar refractivity (Wildman–Crippen MR) is 79.1 cm³/mol. The minimum absolute atomic E-state index is 0.0818. The van der Waals surface area contributed by atoms with Crippen molar-refractivity contribution in [3.05, 3.63) is 21.9 Å². The van der Waals surface area contributed by atoms with Gasteiger partial charge < -0.3 is 9.84 Å². The van der Waals surface area contributed by atoms with Gasteiger partial charge in [-0.15, -0.1) is 11.3 Å². The summed E-state index contributed by atoms with van der Waals surface area (Å²) in [5.41, 5.74) is 0.496. The lowest BCUT2D eigenvalue weighted by Crippen LogP contribution is -2.26. The summed E-state index contributed by atoms with van der Waals surface area (Å²) in [6.45, 7) is 5.29. The number of aliphatic hydroxyl groups is 1. The Morgan fingerprint density at radius 2 is 2.11 bits per heavy atom. The Kier molecular flexibility index (Phi) is 5.04. The average molecular weight is 278 g/mol. The third kappa shape index (κ3) is 4.65. The van der Waals surface area contributed by atoms with Gasteiger partial charge in [0.25, 0.3) is 0 Å². The maximum absolute atomic E-state index is 8.66. The number of ether oxygens (including phenoxy) is 1. The van der Waals surface area contributed by atoms with Crippen LogP contribution in [0.3, 0.4) is 0 Å². The summed E-state index contributed by atoms with van der Waals surface area (Å²) in [6, 6.07) is 4.06. The van der Waals surface area contributed by atoms with Crippen molar-refractivity contribution in [2.24, 2.45) is 5.41 Å². The summed E-state index contributed by atoms with van der Waals surface area (Å²) in [4.78, 5) is 2.21. The Morgan fingerprint density at radius 3 is 2.79 bits per heavy atom. The topological polar surface area (TPSA) is 29.5 Å². The van der Waals surface area contributed by atoms with Crippen LogP contribution in [0.5, 0.6) is 0 Å². The van der Waals surface area contributed by atoms with E-state index in [0.29, 0.717) is 18.1 Å². The van der Waals surface area contributed by atoms with Crippen molar-refractivity contribution in [1.29, 1.82) is 0 Å². The summed E-state index contributed by atoms with van der Waals surface area (Å²) in [5, 5.41) is 8.66. The van der Waals surface area contributed by atoms with Gasteiger partial charge in [0.1, 0.15) is 6.61 Å². The zero-order chi connectivity index (χ0) is 13.7. The standard InChI is InChI=1S/C16H22O2S/c1-16(2)9-7-13(8-10-16)18-12-15-6-5-14(19-15)4-3-11-17/h5-6,13,17H,7-12H2,1-2H3. The van der Waals surface area contributed by atoms with E-state index in [1.807, 2.05) is 6.07 Å². The van der Waals surface area contributed by atoms with Crippen molar-refractivity contribution in [2.45, 2.75) is 52.2 Å². The van der Waals surface area contributed by atoms with E-state index < -0.39 is 0 Å². The lowest BCUT2D eigenvalue weighted by Gasteiger charge is -2.34. The van der Waals surface area contributed by atoms with E-state index in [-0.39, 0.29) is 6.61 Å². The molecule has 1 heterocycles. The van der Waals surface area contributed by atoms with Gasteiger partial charge in [-0.1, -0.05) is 25.7 Å². The maximum Gasteiger partial charge on any atom is 0.104 e. The zero-order valence-corrected chi connectivity index (χ0v) is 12.6. The normalized spacial score (nSPS) is 18.9. The SMILES string of the molecule is CC1(C)CCC(OCc2ccc(C#CCO)s2)CC1. The van der Waals surface area contributed by atoms with Gasteiger partial charge in [-0.3, -0.25) is 0 Å². The molecule has 0 unspecified atom stereocenters. The van der Waals surface area contributed by atoms with E-state index >= 15 is 0 Å². The second kappa shape index (κ2) is 6.56. The van der Waals surface area contributed by atoms with Crippen molar-refractivity contribution < 1.29 is 9.84 Å². The molecule has 0 aromatic carbocycles. The summed E-state index contributed by atoms with van der Waals surface area (Å²) < 4.78 is 5.99. The molecule has 2 nitrogen and oxygen atoms in total. The largest absolute Gasteiger partial charge is 0.384 e. The second-order valence-corrected chi connectivity index (χ2v) is 7.07. The number of rotatable bonds is 3. The molecule has 0 bridgehead atoms. The van der Waals surface area contributed by atoms with Gasteiger partial charge in [-0.25, -0.2) is 0 Å². The van der Waals surface area contributed by atoms with Crippen LogP contribution in [0.15, 0.2) is 12.1 Å². The molecule has 0 radical (unpaired) electrons.